The van der Waals surface area contributed by atoms with Crippen molar-refractivity contribution in [1.29, 1.82) is 0 Å². The molecule has 0 spiro atoms. The molecule has 0 bridgehead atoms. The Labute approximate surface area is 175 Å². The summed E-state index contributed by atoms with van der Waals surface area (Å²) < 4.78 is 5.56. The third-order valence-electron chi connectivity index (χ3n) is 5.02. The quantitative estimate of drug-likeness (QED) is 0.391. The molecule has 1 atom stereocenters. The van der Waals surface area contributed by atoms with Crippen LogP contribution in [-0.2, 0) is 0 Å². The molecule has 0 saturated carbocycles. The van der Waals surface area contributed by atoms with Gasteiger partial charge in [-0.1, -0.05) is 18.2 Å². The molecule has 0 radical (unpaired) electrons. The first-order chi connectivity index (χ1) is 14.1. The van der Waals surface area contributed by atoms with Crippen molar-refractivity contribution < 1.29 is 9.52 Å². The molecule has 1 N–H and O–H groups in total. The van der Waals surface area contributed by atoms with E-state index in [2.05, 4.69) is 17.5 Å². The Morgan fingerprint density at radius 3 is 2.83 bits per heavy atom. The molecule has 4 aromatic rings. The van der Waals surface area contributed by atoms with E-state index in [4.69, 9.17) is 9.41 Å². The number of aliphatic imine (C=N–C) groups is 1. The number of hydrogen-bond acceptors (Lipinski definition) is 6. The van der Waals surface area contributed by atoms with E-state index in [-0.39, 0.29) is 11.0 Å². The van der Waals surface area contributed by atoms with E-state index < -0.39 is 5.63 Å². The molecule has 6 heteroatoms. The summed E-state index contributed by atoms with van der Waals surface area (Å²) in [7, 11) is 0. The second-order valence-corrected chi connectivity index (χ2v) is 9.16. The number of thiophene rings is 1. The van der Waals surface area contributed by atoms with Gasteiger partial charge >= 0.3 is 5.63 Å². The number of nitrogens with zero attached hydrogens (tertiary/aromatic N) is 1. The summed E-state index contributed by atoms with van der Waals surface area (Å²) >= 11 is 3.48. The normalized spacial score (nSPS) is 16.3. The van der Waals surface area contributed by atoms with E-state index in [1.54, 1.807) is 35.2 Å². The Balaban J connectivity index is 1.77. The van der Waals surface area contributed by atoms with E-state index in [0.29, 0.717) is 17.6 Å². The summed E-state index contributed by atoms with van der Waals surface area (Å²) in [4.78, 5) is 19.3. The van der Waals surface area contributed by atoms with Gasteiger partial charge in [0.05, 0.1) is 17.0 Å². The summed E-state index contributed by atoms with van der Waals surface area (Å²) in [5.41, 5.74) is 2.86. The molecule has 3 heterocycles. The zero-order chi connectivity index (χ0) is 20.0. The Bertz CT molecular complexity index is 1310. The molecule has 144 valence electrons. The summed E-state index contributed by atoms with van der Waals surface area (Å²) in [5.74, 6) is 0.0688. The highest BCUT2D eigenvalue weighted by Gasteiger charge is 2.26. The van der Waals surface area contributed by atoms with Gasteiger partial charge in [-0.25, -0.2) is 4.79 Å². The number of phenols is 1. The van der Waals surface area contributed by atoms with E-state index in [0.717, 1.165) is 27.2 Å². The molecule has 29 heavy (non-hydrogen) atoms. The summed E-state index contributed by atoms with van der Waals surface area (Å²) in [5, 5.41) is 13.8. The maximum Gasteiger partial charge on any atom is 0.336 e. The maximum absolute atomic E-state index is 12.1. The number of para-hydroxylation sites is 1. The highest BCUT2D eigenvalue weighted by atomic mass is 32.2. The van der Waals surface area contributed by atoms with Crippen LogP contribution in [0.5, 0.6) is 5.75 Å². The molecule has 5 rings (SSSR count). The van der Waals surface area contributed by atoms with Crippen LogP contribution in [0.1, 0.15) is 27.7 Å². The molecule has 1 aliphatic heterocycles. The molecule has 0 unspecified atom stereocenters. The highest BCUT2D eigenvalue weighted by molar-refractivity contribution is 7.99. The number of fused-ring (bicyclic) bond motifs is 2. The number of rotatable bonds is 2. The smallest absolute Gasteiger partial charge is 0.336 e. The lowest BCUT2D eigenvalue weighted by Crippen LogP contribution is -2.08. The van der Waals surface area contributed by atoms with Crippen LogP contribution in [0.15, 0.2) is 79.1 Å². The van der Waals surface area contributed by atoms with Crippen LogP contribution in [0, 0.1) is 6.92 Å². The molecule has 2 aromatic carbocycles. The van der Waals surface area contributed by atoms with Crippen molar-refractivity contribution in [2.45, 2.75) is 23.5 Å². The second kappa shape index (κ2) is 7.21. The molecule has 4 nitrogen and oxygen atoms in total. The first kappa shape index (κ1) is 18.2. The van der Waals surface area contributed by atoms with Gasteiger partial charge in [0.25, 0.3) is 0 Å². The SMILES string of the molecule is Cc1cc(=O)oc2c(C3=Nc4ccccc4S[C@H](c4cccs4)C3)c(O)ccc12. The topological polar surface area (TPSA) is 62.8 Å². The van der Waals surface area contributed by atoms with Gasteiger partial charge < -0.3 is 9.52 Å². The molecule has 2 aromatic heterocycles. The van der Waals surface area contributed by atoms with Gasteiger partial charge in [0.2, 0.25) is 0 Å². The van der Waals surface area contributed by atoms with Gasteiger partial charge in [0, 0.05) is 32.9 Å². The van der Waals surface area contributed by atoms with Gasteiger partial charge in [0.15, 0.2) is 5.58 Å². The molecule has 1 aliphatic rings. The van der Waals surface area contributed by atoms with E-state index in [9.17, 15) is 9.90 Å². The van der Waals surface area contributed by atoms with Crippen LogP contribution >= 0.6 is 23.1 Å². The van der Waals surface area contributed by atoms with Crippen LogP contribution in [0.25, 0.3) is 11.0 Å². The minimum atomic E-state index is -0.430. The highest BCUT2D eigenvalue weighted by Crippen LogP contribution is 2.47. The fourth-order valence-electron chi connectivity index (χ4n) is 3.65. The number of thioether (sulfide) groups is 1. The average molecular weight is 420 g/mol. The van der Waals surface area contributed by atoms with Gasteiger partial charge in [-0.15, -0.1) is 23.1 Å². The molecule has 0 aliphatic carbocycles. The third-order valence-corrected chi connectivity index (χ3v) is 7.45. The van der Waals surface area contributed by atoms with E-state index >= 15 is 0 Å². The number of benzene rings is 2. The van der Waals surface area contributed by atoms with Gasteiger partial charge in [-0.3, -0.25) is 4.99 Å². The lowest BCUT2D eigenvalue weighted by molar-refractivity contribution is 0.471. The van der Waals surface area contributed by atoms with Crippen LogP contribution in [0.3, 0.4) is 0 Å². The van der Waals surface area contributed by atoms with Crippen LogP contribution in [0.2, 0.25) is 0 Å². The second-order valence-electron chi connectivity index (χ2n) is 6.94. The van der Waals surface area contributed by atoms with Crippen molar-refractivity contribution in [2.75, 3.05) is 0 Å². The largest absolute Gasteiger partial charge is 0.507 e. The fourth-order valence-corrected chi connectivity index (χ4v) is 5.81. The molecule has 0 amide bonds. The zero-order valence-electron chi connectivity index (χ0n) is 15.6. The predicted molar refractivity (Wildman–Crippen MR) is 119 cm³/mol. The van der Waals surface area contributed by atoms with Crippen molar-refractivity contribution in [3.63, 3.8) is 0 Å². The van der Waals surface area contributed by atoms with Crippen molar-refractivity contribution in [2.24, 2.45) is 4.99 Å². The Kier molecular flexibility index (Phi) is 4.53. The van der Waals surface area contributed by atoms with Gasteiger partial charge in [0.1, 0.15) is 5.75 Å². The van der Waals surface area contributed by atoms with Crippen molar-refractivity contribution in [3.8, 4) is 5.75 Å². The summed E-state index contributed by atoms with van der Waals surface area (Å²) in [6.07, 6.45) is 0.615. The number of phenolic OH excluding ortho intramolecular Hbond substituents is 1. The van der Waals surface area contributed by atoms with Gasteiger partial charge in [-0.05, 0) is 48.2 Å². The van der Waals surface area contributed by atoms with Crippen LogP contribution in [-0.4, -0.2) is 10.8 Å². The first-order valence-electron chi connectivity index (χ1n) is 9.23. The fraction of sp³-hybridized carbons (Fsp3) is 0.130. The summed E-state index contributed by atoms with van der Waals surface area (Å²) in [6.45, 7) is 1.87. The first-order valence-corrected chi connectivity index (χ1v) is 11.0. The minimum absolute atomic E-state index is 0.0688. The van der Waals surface area contributed by atoms with Gasteiger partial charge in [-0.2, -0.15) is 0 Å². The van der Waals surface area contributed by atoms with Crippen molar-refractivity contribution in [1.82, 2.24) is 0 Å². The maximum atomic E-state index is 12.1. The lowest BCUT2D eigenvalue weighted by Gasteiger charge is -2.15. The average Bonchev–Trinajstić information content (AvgIpc) is 3.16. The third kappa shape index (κ3) is 3.28. The Hall–Kier alpha value is -2.83. The molecular formula is C23H17NO3S2. The Morgan fingerprint density at radius 1 is 1.14 bits per heavy atom. The monoisotopic (exact) mass is 419 g/mol. The molecule has 0 saturated heterocycles. The Morgan fingerprint density at radius 2 is 2.00 bits per heavy atom. The van der Waals surface area contributed by atoms with Crippen molar-refractivity contribution >= 4 is 45.5 Å². The summed E-state index contributed by atoms with van der Waals surface area (Å²) in [6, 6.07) is 17.1. The predicted octanol–water partition coefficient (Wildman–Crippen LogP) is 6.23. The standard InChI is InChI=1S/C23H17NO3S2/c1-13-11-21(26)27-23-14(13)8-9-17(25)22(23)16-12-20(19-7-4-10-28-19)29-18-6-3-2-5-15(18)24-16/h2-11,20,25H,12H2,1H3/t20-/m0/s1. The van der Waals surface area contributed by atoms with Crippen LogP contribution < -0.4 is 5.63 Å². The zero-order valence-corrected chi connectivity index (χ0v) is 17.2. The van der Waals surface area contributed by atoms with E-state index in [1.807, 2.05) is 31.2 Å². The lowest BCUT2D eigenvalue weighted by atomic mass is 9.99. The van der Waals surface area contributed by atoms with Crippen LogP contribution in [0.4, 0.5) is 5.69 Å². The number of aromatic hydroxyl groups is 1. The molecule has 0 fully saturated rings. The van der Waals surface area contributed by atoms with Crippen molar-refractivity contribution in [3.05, 3.63) is 86.4 Å². The number of hydrogen-bond donors (Lipinski definition) is 1. The molecular weight excluding hydrogens is 402 g/mol. The number of aryl methyl sites for hydroxylation is 1. The minimum Gasteiger partial charge on any atom is -0.507 e. The van der Waals surface area contributed by atoms with E-state index in [1.165, 1.54) is 10.9 Å².